The van der Waals surface area contributed by atoms with Gasteiger partial charge in [-0.25, -0.2) is 9.69 Å². The Morgan fingerprint density at radius 3 is 2.52 bits per heavy atom. The van der Waals surface area contributed by atoms with E-state index in [0.717, 1.165) is 21.6 Å². The summed E-state index contributed by atoms with van der Waals surface area (Å²) in [5.74, 6) is -0.272. The van der Waals surface area contributed by atoms with Crippen LogP contribution in [0.25, 0.3) is 11.1 Å². The summed E-state index contributed by atoms with van der Waals surface area (Å²) in [6.07, 6.45) is -0.438. The van der Waals surface area contributed by atoms with E-state index in [4.69, 9.17) is 4.74 Å². The van der Waals surface area contributed by atoms with Crippen LogP contribution in [0.4, 0.5) is 10.5 Å². The molecule has 0 N–H and O–H groups in total. The Balaban J connectivity index is 2.20. The van der Waals surface area contributed by atoms with Crippen LogP contribution in [0.1, 0.15) is 12.5 Å². The number of hydrogen-bond donors (Lipinski definition) is 0. The van der Waals surface area contributed by atoms with Crippen LogP contribution in [0.2, 0.25) is 0 Å². The highest BCUT2D eigenvalue weighted by molar-refractivity contribution is 6.16. The molecule has 2 amide bonds. The van der Waals surface area contributed by atoms with Crippen LogP contribution in [0.5, 0.6) is 0 Å². The fraction of sp³-hybridized carbons (Fsp3) is 0.176. The highest BCUT2D eigenvalue weighted by atomic mass is 16.6. The number of para-hydroxylation sites is 1. The molecule has 0 radical (unpaired) electrons. The molecule has 0 saturated heterocycles. The number of rotatable bonds is 1. The van der Waals surface area contributed by atoms with E-state index in [9.17, 15) is 9.59 Å². The molecule has 2 aromatic rings. The largest absolute Gasteiger partial charge is 0.449 e. The predicted octanol–water partition coefficient (Wildman–Crippen LogP) is 3.40. The van der Waals surface area contributed by atoms with Gasteiger partial charge in [0.2, 0.25) is 5.91 Å². The van der Waals surface area contributed by atoms with Crippen molar-refractivity contribution in [1.82, 2.24) is 0 Å². The number of hydrogen-bond acceptors (Lipinski definition) is 3. The van der Waals surface area contributed by atoms with E-state index >= 15 is 0 Å². The second-order valence-corrected chi connectivity index (χ2v) is 4.78. The first-order valence-electron chi connectivity index (χ1n) is 6.89. The first-order chi connectivity index (χ1) is 10.2. The molecule has 106 valence electrons. The molecule has 1 aliphatic rings. The Kier molecular flexibility index (Phi) is 3.44. The zero-order chi connectivity index (χ0) is 14.8. The molecular weight excluding hydrogens is 266 g/mol. The van der Waals surface area contributed by atoms with Crippen LogP contribution < -0.4 is 4.90 Å². The third-order valence-corrected chi connectivity index (χ3v) is 3.49. The summed E-state index contributed by atoms with van der Waals surface area (Å²) in [4.78, 5) is 25.8. The molecule has 0 spiro atoms. The fourth-order valence-corrected chi connectivity index (χ4v) is 2.60. The summed E-state index contributed by atoms with van der Waals surface area (Å²) >= 11 is 0. The number of anilines is 1. The molecule has 0 unspecified atom stereocenters. The number of fused-ring (bicyclic) bond motifs is 3. The van der Waals surface area contributed by atoms with E-state index in [1.54, 1.807) is 13.0 Å². The summed E-state index contributed by atoms with van der Waals surface area (Å²) in [6.45, 7) is 1.96. The molecule has 0 atom stereocenters. The molecule has 1 aliphatic heterocycles. The van der Waals surface area contributed by atoms with Gasteiger partial charge < -0.3 is 4.74 Å². The van der Waals surface area contributed by atoms with E-state index < -0.39 is 6.09 Å². The van der Waals surface area contributed by atoms with E-state index in [-0.39, 0.29) is 18.9 Å². The van der Waals surface area contributed by atoms with Gasteiger partial charge in [-0.2, -0.15) is 0 Å². The summed E-state index contributed by atoms with van der Waals surface area (Å²) in [5, 5.41) is 0. The van der Waals surface area contributed by atoms with Crippen molar-refractivity contribution in [2.45, 2.75) is 13.3 Å². The van der Waals surface area contributed by atoms with Crippen LogP contribution in [0.15, 0.2) is 48.5 Å². The molecule has 1 heterocycles. The summed E-state index contributed by atoms with van der Waals surface area (Å²) < 4.78 is 5.03. The topological polar surface area (TPSA) is 46.6 Å². The first kappa shape index (κ1) is 13.4. The van der Waals surface area contributed by atoms with E-state index in [2.05, 4.69) is 0 Å². The predicted molar refractivity (Wildman–Crippen MR) is 80.1 cm³/mol. The highest BCUT2D eigenvalue weighted by Crippen LogP contribution is 2.36. The second kappa shape index (κ2) is 5.40. The molecule has 0 bridgehead atoms. The minimum atomic E-state index is -0.622. The standard InChI is InChI=1S/C17H15NO3/c1-2-21-17(20)18-15-10-6-5-9-14(15)13-8-4-3-7-12(13)11-16(18)19/h3-10H,2,11H2,1H3. The maximum atomic E-state index is 12.5. The van der Waals surface area contributed by atoms with Gasteiger partial charge in [0.15, 0.2) is 0 Å². The van der Waals surface area contributed by atoms with Crippen molar-refractivity contribution in [3.63, 3.8) is 0 Å². The molecule has 0 fully saturated rings. The Labute approximate surface area is 123 Å². The van der Waals surface area contributed by atoms with Gasteiger partial charge in [-0.05, 0) is 24.1 Å². The van der Waals surface area contributed by atoms with E-state index in [1.807, 2.05) is 42.5 Å². The molecule has 0 saturated carbocycles. The van der Waals surface area contributed by atoms with Gasteiger partial charge in [0.1, 0.15) is 0 Å². The molecule has 3 rings (SSSR count). The van der Waals surface area contributed by atoms with Crippen LogP contribution >= 0.6 is 0 Å². The van der Waals surface area contributed by atoms with Gasteiger partial charge in [0.05, 0.1) is 18.7 Å². The minimum Gasteiger partial charge on any atom is -0.449 e. The quantitative estimate of drug-likeness (QED) is 0.804. The van der Waals surface area contributed by atoms with E-state index in [0.29, 0.717) is 5.69 Å². The average Bonchev–Trinajstić information content (AvgIpc) is 2.61. The van der Waals surface area contributed by atoms with Gasteiger partial charge in [-0.3, -0.25) is 4.79 Å². The minimum absolute atomic E-state index is 0.184. The van der Waals surface area contributed by atoms with Gasteiger partial charge >= 0.3 is 6.09 Å². The summed E-state index contributed by atoms with van der Waals surface area (Å²) in [7, 11) is 0. The number of carbonyl (C=O) groups is 2. The lowest BCUT2D eigenvalue weighted by molar-refractivity contribution is -0.117. The lowest BCUT2D eigenvalue weighted by Gasteiger charge is -2.20. The molecule has 0 aliphatic carbocycles. The van der Waals surface area contributed by atoms with Crippen LogP contribution in [-0.4, -0.2) is 18.6 Å². The number of imide groups is 1. The van der Waals surface area contributed by atoms with Crippen molar-refractivity contribution >= 4 is 17.7 Å². The monoisotopic (exact) mass is 281 g/mol. The van der Waals surface area contributed by atoms with Crippen molar-refractivity contribution in [3.8, 4) is 11.1 Å². The van der Waals surface area contributed by atoms with E-state index in [1.165, 1.54) is 0 Å². The Hall–Kier alpha value is -2.62. The zero-order valence-corrected chi connectivity index (χ0v) is 11.7. The second-order valence-electron chi connectivity index (χ2n) is 4.78. The first-order valence-corrected chi connectivity index (χ1v) is 6.89. The van der Waals surface area contributed by atoms with Crippen molar-refractivity contribution in [2.24, 2.45) is 0 Å². The fourth-order valence-electron chi connectivity index (χ4n) is 2.60. The smallest absolute Gasteiger partial charge is 0.421 e. The Morgan fingerprint density at radius 1 is 1.10 bits per heavy atom. The maximum absolute atomic E-state index is 12.5. The van der Waals surface area contributed by atoms with Crippen molar-refractivity contribution in [1.29, 1.82) is 0 Å². The number of benzene rings is 2. The van der Waals surface area contributed by atoms with Gasteiger partial charge in [0, 0.05) is 5.56 Å². The number of amides is 2. The van der Waals surface area contributed by atoms with Crippen molar-refractivity contribution in [2.75, 3.05) is 11.5 Å². The Bertz CT molecular complexity index is 709. The molecule has 2 aromatic carbocycles. The van der Waals surface area contributed by atoms with Crippen molar-refractivity contribution < 1.29 is 14.3 Å². The Morgan fingerprint density at radius 2 is 1.76 bits per heavy atom. The molecule has 21 heavy (non-hydrogen) atoms. The number of ether oxygens (including phenoxy) is 1. The van der Waals surface area contributed by atoms with Gasteiger partial charge in [0.25, 0.3) is 0 Å². The third-order valence-electron chi connectivity index (χ3n) is 3.49. The SMILES string of the molecule is CCOC(=O)N1C(=O)Cc2ccccc2-c2ccccc21. The maximum Gasteiger partial charge on any atom is 0.421 e. The third kappa shape index (κ3) is 2.29. The zero-order valence-electron chi connectivity index (χ0n) is 11.7. The van der Waals surface area contributed by atoms with Crippen LogP contribution in [-0.2, 0) is 16.0 Å². The summed E-state index contributed by atoms with van der Waals surface area (Å²) in [6, 6.07) is 15.1. The van der Waals surface area contributed by atoms with Gasteiger partial charge in [-0.1, -0.05) is 42.5 Å². The lowest BCUT2D eigenvalue weighted by atomic mass is 9.98. The van der Waals surface area contributed by atoms with Crippen LogP contribution in [0.3, 0.4) is 0 Å². The van der Waals surface area contributed by atoms with Crippen molar-refractivity contribution in [3.05, 3.63) is 54.1 Å². The molecular formula is C17H15NO3. The summed E-state index contributed by atoms with van der Waals surface area (Å²) in [5.41, 5.74) is 3.34. The molecule has 0 aromatic heterocycles. The molecule has 4 nitrogen and oxygen atoms in total. The number of nitrogens with zero attached hydrogens (tertiary/aromatic N) is 1. The normalized spacial score (nSPS) is 13.2. The average molecular weight is 281 g/mol. The highest BCUT2D eigenvalue weighted by Gasteiger charge is 2.30. The van der Waals surface area contributed by atoms with Gasteiger partial charge in [-0.15, -0.1) is 0 Å². The van der Waals surface area contributed by atoms with Crippen LogP contribution in [0, 0.1) is 0 Å². The molecule has 4 heteroatoms. The number of carbonyl (C=O) groups excluding carboxylic acids is 2. The lowest BCUT2D eigenvalue weighted by Crippen LogP contribution is -2.38.